The highest BCUT2D eigenvalue weighted by atomic mass is 35.5. The van der Waals surface area contributed by atoms with Crippen molar-refractivity contribution in [1.82, 2.24) is 9.88 Å². The van der Waals surface area contributed by atoms with Gasteiger partial charge in [0.05, 0.1) is 17.1 Å². The molecule has 0 saturated carbocycles. The Kier molecular flexibility index (Phi) is 6.49. The van der Waals surface area contributed by atoms with Crippen LogP contribution >= 0.6 is 11.6 Å². The molecule has 4 rings (SSSR count). The van der Waals surface area contributed by atoms with Crippen molar-refractivity contribution in [2.45, 2.75) is 26.4 Å². The molecule has 0 saturated heterocycles. The first kappa shape index (κ1) is 21.9. The largest absolute Gasteiger partial charge is 0.468 e. The Morgan fingerprint density at radius 2 is 1.84 bits per heavy atom. The van der Waals surface area contributed by atoms with Gasteiger partial charge >= 0.3 is 0 Å². The molecule has 6 heteroatoms. The number of hydrogen-bond donors (Lipinski definition) is 2. The number of carbonyl (C=O) groups is 1. The summed E-state index contributed by atoms with van der Waals surface area (Å²) in [5, 5.41) is 13.7. The van der Waals surface area contributed by atoms with Crippen LogP contribution in [0.2, 0.25) is 5.02 Å². The van der Waals surface area contributed by atoms with Crippen LogP contribution in [0.4, 0.5) is 0 Å². The van der Waals surface area contributed by atoms with Crippen molar-refractivity contribution in [3.63, 3.8) is 0 Å². The van der Waals surface area contributed by atoms with Gasteiger partial charge < -0.3 is 19.7 Å². The van der Waals surface area contributed by atoms with Crippen LogP contribution in [0.5, 0.6) is 5.75 Å². The highest BCUT2D eigenvalue weighted by molar-refractivity contribution is 6.30. The molecule has 164 valence electrons. The predicted molar refractivity (Wildman–Crippen MR) is 127 cm³/mol. The average Bonchev–Trinajstić information content (AvgIpc) is 3.09. The maximum Gasteiger partial charge on any atom is 0.253 e. The number of halogens is 1. The lowest BCUT2D eigenvalue weighted by Crippen LogP contribution is -2.27. The third kappa shape index (κ3) is 4.64. The third-order valence-electron chi connectivity index (χ3n) is 5.56. The molecular formula is C26H25ClN2O3. The Labute approximate surface area is 192 Å². The van der Waals surface area contributed by atoms with Gasteiger partial charge in [-0.2, -0.15) is 0 Å². The summed E-state index contributed by atoms with van der Waals surface area (Å²) in [7, 11) is 0. The minimum atomic E-state index is -0.371. The van der Waals surface area contributed by atoms with Gasteiger partial charge in [-0.3, -0.25) is 4.79 Å². The van der Waals surface area contributed by atoms with Crippen LogP contribution in [0.15, 0.2) is 72.8 Å². The maximum absolute atomic E-state index is 13.3. The Balaban J connectivity index is 1.62. The first-order valence-electron chi connectivity index (χ1n) is 10.4. The standard InChI is InChI=1S/C26H25ClN2O3/c1-17-13-21-6-4-8-24(25(21)29(17)15-19-5-3-7-22(27)14-19)26(31)28-18(2)20-9-11-23(12-10-20)32-16-30/h3-14,18,30H,15-16H2,1-2H3,(H,28,31)/t18-/m0/s1. The smallest absolute Gasteiger partial charge is 0.253 e. The zero-order valence-electron chi connectivity index (χ0n) is 18.0. The number of aliphatic hydroxyl groups excluding tert-OH is 1. The van der Waals surface area contributed by atoms with E-state index >= 15 is 0 Å². The Hall–Kier alpha value is -3.28. The number of ether oxygens (including phenoxy) is 1. The van der Waals surface area contributed by atoms with E-state index in [1.807, 2.05) is 68.4 Å². The van der Waals surface area contributed by atoms with E-state index in [-0.39, 0.29) is 18.7 Å². The number of aryl methyl sites for hydroxylation is 1. The predicted octanol–water partition coefficient (Wildman–Crippen LogP) is 5.47. The number of hydrogen-bond acceptors (Lipinski definition) is 3. The van der Waals surface area contributed by atoms with Gasteiger partial charge in [-0.05, 0) is 61.4 Å². The molecule has 0 aliphatic rings. The molecule has 1 aromatic heterocycles. The number of nitrogens with zero attached hydrogens (tertiary/aromatic N) is 1. The monoisotopic (exact) mass is 448 g/mol. The first-order valence-corrected chi connectivity index (χ1v) is 10.8. The van der Waals surface area contributed by atoms with Gasteiger partial charge in [-0.15, -0.1) is 0 Å². The van der Waals surface area contributed by atoms with Crippen LogP contribution in [0.1, 0.15) is 40.1 Å². The lowest BCUT2D eigenvalue weighted by atomic mass is 10.1. The molecule has 0 aliphatic carbocycles. The second-order valence-corrected chi connectivity index (χ2v) is 8.22. The quantitative estimate of drug-likeness (QED) is 0.368. The molecule has 0 fully saturated rings. The second-order valence-electron chi connectivity index (χ2n) is 7.78. The fraction of sp³-hybridized carbons (Fsp3) is 0.192. The molecule has 0 unspecified atom stereocenters. The minimum Gasteiger partial charge on any atom is -0.468 e. The van der Waals surface area contributed by atoms with E-state index in [0.717, 1.165) is 27.7 Å². The number of amides is 1. The summed E-state index contributed by atoms with van der Waals surface area (Å²) < 4.78 is 7.22. The van der Waals surface area contributed by atoms with Crippen LogP contribution < -0.4 is 10.1 Å². The summed E-state index contributed by atoms with van der Waals surface area (Å²) in [5.74, 6) is 0.443. The topological polar surface area (TPSA) is 63.5 Å². The fourth-order valence-electron chi connectivity index (χ4n) is 3.95. The number of para-hydroxylation sites is 1. The summed E-state index contributed by atoms with van der Waals surface area (Å²) in [6.07, 6.45) is 0. The van der Waals surface area contributed by atoms with Crippen molar-refractivity contribution in [1.29, 1.82) is 0 Å². The summed E-state index contributed by atoms with van der Waals surface area (Å²) in [5.41, 5.74) is 4.63. The van der Waals surface area contributed by atoms with Crippen LogP contribution in [0.3, 0.4) is 0 Å². The summed E-state index contributed by atoms with van der Waals surface area (Å²) in [6, 6.07) is 22.8. The molecule has 3 aromatic carbocycles. The van der Waals surface area contributed by atoms with Gasteiger partial charge in [0.1, 0.15) is 5.75 Å². The molecule has 4 aromatic rings. The molecule has 32 heavy (non-hydrogen) atoms. The van der Waals surface area contributed by atoms with Gasteiger partial charge in [0.15, 0.2) is 6.79 Å². The van der Waals surface area contributed by atoms with Crippen molar-refractivity contribution >= 4 is 28.4 Å². The van der Waals surface area contributed by atoms with Crippen LogP contribution in [0, 0.1) is 6.92 Å². The normalized spacial score (nSPS) is 12.0. The summed E-state index contributed by atoms with van der Waals surface area (Å²) >= 11 is 6.17. The number of carbonyl (C=O) groups excluding carboxylic acids is 1. The second kappa shape index (κ2) is 9.47. The molecule has 1 atom stereocenters. The number of nitrogens with one attached hydrogen (secondary N) is 1. The Morgan fingerprint density at radius 3 is 2.56 bits per heavy atom. The van der Waals surface area contributed by atoms with E-state index in [1.54, 1.807) is 12.1 Å². The van der Waals surface area contributed by atoms with Crippen LogP contribution in [-0.2, 0) is 6.54 Å². The third-order valence-corrected chi connectivity index (χ3v) is 5.80. The van der Waals surface area contributed by atoms with Crippen molar-refractivity contribution in [3.8, 4) is 5.75 Å². The average molecular weight is 449 g/mol. The van der Waals surface area contributed by atoms with Gasteiger partial charge in [0.2, 0.25) is 0 Å². The van der Waals surface area contributed by atoms with Gasteiger partial charge in [0, 0.05) is 22.6 Å². The van der Waals surface area contributed by atoms with Gasteiger partial charge in [-0.1, -0.05) is 48.0 Å². The van der Waals surface area contributed by atoms with Gasteiger partial charge in [-0.25, -0.2) is 0 Å². The lowest BCUT2D eigenvalue weighted by molar-refractivity contribution is 0.0941. The summed E-state index contributed by atoms with van der Waals surface area (Å²) in [4.78, 5) is 13.3. The van der Waals surface area contributed by atoms with E-state index in [9.17, 15) is 4.79 Å². The summed E-state index contributed by atoms with van der Waals surface area (Å²) in [6.45, 7) is 4.24. The van der Waals surface area contributed by atoms with Gasteiger partial charge in [0.25, 0.3) is 5.91 Å². The Bertz CT molecular complexity index is 1250. The molecular weight excluding hydrogens is 424 g/mol. The van der Waals surface area contributed by atoms with Crippen LogP contribution in [0.25, 0.3) is 10.9 Å². The van der Waals surface area contributed by atoms with E-state index in [2.05, 4.69) is 16.0 Å². The molecule has 0 bridgehead atoms. The van der Waals surface area contributed by atoms with E-state index in [4.69, 9.17) is 21.4 Å². The Morgan fingerprint density at radius 1 is 1.09 bits per heavy atom. The molecule has 1 heterocycles. The molecule has 0 radical (unpaired) electrons. The lowest BCUT2D eigenvalue weighted by Gasteiger charge is -2.17. The van der Waals surface area contributed by atoms with E-state index in [1.165, 1.54) is 0 Å². The SMILES string of the molecule is Cc1cc2cccc(C(=O)N[C@@H](C)c3ccc(OCO)cc3)c2n1Cc1cccc(Cl)c1. The fourth-order valence-corrected chi connectivity index (χ4v) is 4.16. The number of fused-ring (bicyclic) bond motifs is 1. The van der Waals surface area contributed by atoms with E-state index in [0.29, 0.717) is 22.9 Å². The minimum absolute atomic E-state index is 0.135. The molecule has 1 amide bonds. The zero-order chi connectivity index (χ0) is 22.7. The van der Waals surface area contributed by atoms with E-state index < -0.39 is 0 Å². The van der Waals surface area contributed by atoms with Crippen molar-refractivity contribution in [3.05, 3.63) is 100 Å². The molecule has 0 aliphatic heterocycles. The number of aliphatic hydroxyl groups is 1. The molecule has 0 spiro atoms. The number of rotatable bonds is 7. The van der Waals surface area contributed by atoms with Crippen molar-refractivity contribution in [2.24, 2.45) is 0 Å². The van der Waals surface area contributed by atoms with Crippen molar-refractivity contribution in [2.75, 3.05) is 6.79 Å². The van der Waals surface area contributed by atoms with Crippen molar-refractivity contribution < 1.29 is 14.6 Å². The first-order chi connectivity index (χ1) is 15.5. The number of aromatic nitrogens is 1. The number of benzene rings is 3. The maximum atomic E-state index is 13.3. The molecule has 5 nitrogen and oxygen atoms in total. The van der Waals surface area contributed by atoms with Crippen LogP contribution in [-0.4, -0.2) is 22.4 Å². The highest BCUT2D eigenvalue weighted by Gasteiger charge is 2.18. The molecule has 2 N–H and O–H groups in total. The highest BCUT2D eigenvalue weighted by Crippen LogP contribution is 2.26. The zero-order valence-corrected chi connectivity index (χ0v) is 18.8.